The van der Waals surface area contributed by atoms with Crippen molar-refractivity contribution in [2.24, 2.45) is 34.5 Å². The highest BCUT2D eigenvalue weighted by Crippen LogP contribution is 2.51. The van der Waals surface area contributed by atoms with Crippen LogP contribution in [0.1, 0.15) is 36.8 Å². The molecule has 0 aromatic heterocycles. The van der Waals surface area contributed by atoms with Crippen molar-refractivity contribution in [3.8, 4) is 6.07 Å². The van der Waals surface area contributed by atoms with Gasteiger partial charge in [0.2, 0.25) is 0 Å². The van der Waals surface area contributed by atoms with Crippen molar-refractivity contribution in [2.45, 2.75) is 38.5 Å². The third-order valence-corrected chi connectivity index (χ3v) is 10.4. The van der Waals surface area contributed by atoms with Crippen LogP contribution < -0.4 is 0 Å². The summed E-state index contributed by atoms with van der Waals surface area (Å²) in [4.78, 5) is 43.1. The van der Waals surface area contributed by atoms with E-state index in [1.54, 1.807) is 38.0 Å². The van der Waals surface area contributed by atoms with Gasteiger partial charge in [-0.15, -0.1) is 0 Å². The third-order valence-electron chi connectivity index (χ3n) is 10.4. The molecule has 4 amide bonds. The van der Waals surface area contributed by atoms with E-state index in [0.29, 0.717) is 23.7 Å². The Morgan fingerprint density at radius 3 is 1.48 bits per heavy atom. The third kappa shape index (κ3) is 6.77. The molecule has 2 aromatic rings. The summed E-state index contributed by atoms with van der Waals surface area (Å²) in [6, 6.07) is 23.4. The predicted molar refractivity (Wildman–Crippen MR) is 171 cm³/mol. The van der Waals surface area contributed by atoms with Crippen LogP contribution in [0.3, 0.4) is 0 Å². The molecule has 2 aliphatic carbocycles. The van der Waals surface area contributed by atoms with E-state index < -0.39 is 0 Å². The van der Waals surface area contributed by atoms with Crippen LogP contribution in [-0.2, 0) is 17.6 Å². The maximum absolute atomic E-state index is 12.1. The Labute approximate surface area is 262 Å². The quantitative estimate of drug-likeness (QED) is 0.444. The fourth-order valence-corrected chi connectivity index (χ4v) is 8.44. The van der Waals surface area contributed by atoms with Crippen molar-refractivity contribution in [1.82, 2.24) is 19.6 Å². The molecule has 0 radical (unpaired) electrons. The first-order chi connectivity index (χ1) is 21.1. The van der Waals surface area contributed by atoms with Crippen LogP contribution >= 0.6 is 0 Å². The lowest BCUT2D eigenvalue weighted by molar-refractivity contribution is -0.116. The fourth-order valence-electron chi connectivity index (χ4n) is 8.44. The standard InChI is InChI=1S/C18H23N3O.C18H24N2O2/c1-20(2)17(22)21-11-15-9-18(13-19,10-16(15)12-21)8-14-6-4-3-5-7-14;1-19(2)17(22)20-11-15-9-18(13-21,10-16(15)12-20)8-14-6-4-3-5-7-14/h3-7,15-16H,8-12H2,1-2H3;3-7,13,15-16H,8-12H2,1-2H3. The topological polar surface area (TPSA) is 88.0 Å². The number of rotatable bonds is 5. The van der Waals surface area contributed by atoms with Gasteiger partial charge in [0, 0.05) is 59.8 Å². The molecule has 2 saturated heterocycles. The molecule has 2 aliphatic heterocycles. The van der Waals surface area contributed by atoms with E-state index in [1.165, 1.54) is 17.4 Å². The molecule has 6 rings (SSSR count). The number of carbonyl (C=O) groups excluding carboxylic acids is 3. The lowest BCUT2D eigenvalue weighted by Crippen LogP contribution is -2.39. The Balaban J connectivity index is 0.000000175. The van der Waals surface area contributed by atoms with Gasteiger partial charge in [-0.05, 0) is 73.3 Å². The largest absolute Gasteiger partial charge is 0.331 e. The number of urea groups is 2. The minimum absolute atomic E-state index is 0.0918. The van der Waals surface area contributed by atoms with E-state index >= 15 is 0 Å². The van der Waals surface area contributed by atoms with Crippen molar-refractivity contribution in [3.63, 3.8) is 0 Å². The molecule has 234 valence electrons. The summed E-state index contributed by atoms with van der Waals surface area (Å²) in [6.07, 6.45) is 6.49. The molecule has 2 heterocycles. The molecule has 44 heavy (non-hydrogen) atoms. The Morgan fingerprint density at radius 1 is 0.727 bits per heavy atom. The number of aldehydes is 1. The van der Waals surface area contributed by atoms with Crippen molar-refractivity contribution >= 4 is 18.3 Å². The fraction of sp³-hybridized carbons (Fsp3) is 0.556. The molecular weight excluding hydrogens is 550 g/mol. The van der Waals surface area contributed by atoms with Gasteiger partial charge < -0.3 is 24.4 Å². The average molecular weight is 598 g/mol. The summed E-state index contributed by atoms with van der Waals surface area (Å²) in [5.41, 5.74) is 1.99. The second kappa shape index (κ2) is 13.0. The van der Waals surface area contributed by atoms with Gasteiger partial charge in [-0.2, -0.15) is 5.26 Å². The monoisotopic (exact) mass is 597 g/mol. The highest BCUT2D eigenvalue weighted by molar-refractivity contribution is 5.74. The summed E-state index contributed by atoms with van der Waals surface area (Å²) >= 11 is 0. The van der Waals surface area contributed by atoms with Gasteiger partial charge >= 0.3 is 12.1 Å². The summed E-state index contributed by atoms with van der Waals surface area (Å²) in [7, 11) is 7.18. The number of nitrogens with zero attached hydrogens (tertiary/aromatic N) is 5. The number of carbonyl (C=O) groups is 3. The maximum atomic E-state index is 12.1. The number of nitriles is 1. The minimum atomic E-state index is -0.246. The molecule has 8 nitrogen and oxygen atoms in total. The van der Waals surface area contributed by atoms with Gasteiger partial charge in [-0.25, -0.2) is 9.59 Å². The van der Waals surface area contributed by atoms with Gasteiger partial charge in [0.15, 0.2) is 0 Å². The van der Waals surface area contributed by atoms with Crippen LogP contribution in [0.2, 0.25) is 0 Å². The SMILES string of the molecule is CN(C)C(=O)N1CC2CC(C#N)(Cc3ccccc3)CC2C1.CN(C)C(=O)N1CC2CC(C=O)(Cc3ccccc3)CC2C1. The van der Waals surface area contributed by atoms with Crippen LogP contribution in [0.4, 0.5) is 9.59 Å². The Kier molecular flexibility index (Phi) is 9.34. The first-order valence-electron chi connectivity index (χ1n) is 15.9. The molecule has 0 spiro atoms. The van der Waals surface area contributed by atoms with Gasteiger partial charge in [0.25, 0.3) is 0 Å². The number of fused-ring (bicyclic) bond motifs is 2. The van der Waals surface area contributed by atoms with Gasteiger partial charge in [0.1, 0.15) is 6.29 Å². The van der Waals surface area contributed by atoms with Gasteiger partial charge in [-0.1, -0.05) is 60.7 Å². The summed E-state index contributed by atoms with van der Waals surface area (Å²) in [5, 5.41) is 9.76. The second-order valence-corrected chi connectivity index (χ2v) is 14.2. The van der Waals surface area contributed by atoms with Crippen molar-refractivity contribution in [3.05, 3.63) is 71.8 Å². The van der Waals surface area contributed by atoms with Crippen LogP contribution in [0.15, 0.2) is 60.7 Å². The highest BCUT2D eigenvalue weighted by atomic mass is 16.2. The number of benzene rings is 2. The van der Waals surface area contributed by atoms with Crippen molar-refractivity contribution in [1.29, 1.82) is 5.26 Å². The first-order valence-corrected chi connectivity index (χ1v) is 15.9. The van der Waals surface area contributed by atoms with Crippen molar-refractivity contribution in [2.75, 3.05) is 54.4 Å². The van der Waals surface area contributed by atoms with E-state index in [9.17, 15) is 19.6 Å². The summed E-state index contributed by atoms with van der Waals surface area (Å²) < 4.78 is 0. The number of likely N-dealkylation sites (tertiary alicyclic amines) is 2. The molecule has 0 N–H and O–H groups in total. The van der Waals surface area contributed by atoms with E-state index in [1.807, 2.05) is 46.2 Å². The van der Waals surface area contributed by atoms with Crippen LogP contribution in [0, 0.1) is 45.8 Å². The Hall–Kier alpha value is -3.86. The normalized spacial score (nSPS) is 30.1. The second-order valence-electron chi connectivity index (χ2n) is 14.2. The number of amides is 4. The molecule has 4 fully saturated rings. The van der Waals surface area contributed by atoms with Crippen molar-refractivity contribution < 1.29 is 14.4 Å². The zero-order chi connectivity index (χ0) is 31.5. The first kappa shape index (κ1) is 31.6. The van der Waals surface area contributed by atoms with E-state index in [4.69, 9.17) is 0 Å². The Morgan fingerprint density at radius 2 is 1.11 bits per heavy atom. The van der Waals surface area contributed by atoms with Gasteiger partial charge in [-0.3, -0.25) is 0 Å². The smallest absolute Gasteiger partial charge is 0.319 e. The zero-order valence-electron chi connectivity index (χ0n) is 26.7. The van der Waals surface area contributed by atoms with Crippen LogP contribution in [0.5, 0.6) is 0 Å². The number of hydrogen-bond donors (Lipinski definition) is 0. The average Bonchev–Trinajstić information content (AvgIpc) is 3.76. The van der Waals surface area contributed by atoms with E-state index in [0.717, 1.165) is 64.7 Å². The molecule has 8 heteroatoms. The maximum Gasteiger partial charge on any atom is 0.319 e. The lowest BCUT2D eigenvalue weighted by atomic mass is 9.80. The Bertz CT molecular complexity index is 1330. The van der Waals surface area contributed by atoms with E-state index in [2.05, 4.69) is 30.3 Å². The molecule has 4 aliphatic rings. The molecule has 2 aromatic carbocycles. The molecule has 0 bridgehead atoms. The van der Waals surface area contributed by atoms with Crippen LogP contribution in [0.25, 0.3) is 0 Å². The summed E-state index contributed by atoms with van der Waals surface area (Å²) in [6.45, 7) is 3.21. The highest BCUT2D eigenvalue weighted by Gasteiger charge is 2.51. The lowest BCUT2D eigenvalue weighted by Gasteiger charge is -2.27. The number of hydrogen-bond acceptors (Lipinski definition) is 4. The molecule has 4 atom stereocenters. The minimum Gasteiger partial charge on any atom is -0.331 e. The predicted octanol–water partition coefficient (Wildman–Crippen LogP) is 5.20. The van der Waals surface area contributed by atoms with Crippen LogP contribution in [-0.4, -0.2) is 92.3 Å². The molecule has 4 unspecified atom stereocenters. The van der Waals surface area contributed by atoms with Gasteiger partial charge in [0.05, 0.1) is 11.5 Å². The molecule has 2 saturated carbocycles. The van der Waals surface area contributed by atoms with E-state index in [-0.39, 0.29) is 22.9 Å². The zero-order valence-corrected chi connectivity index (χ0v) is 26.7. The molecular formula is C36H47N5O3. The summed E-state index contributed by atoms with van der Waals surface area (Å²) in [5.74, 6) is 1.90.